The molecule has 6 heteroatoms. The van der Waals surface area contributed by atoms with Crippen molar-refractivity contribution in [1.29, 1.82) is 0 Å². The van der Waals surface area contributed by atoms with Crippen LogP contribution in [-0.4, -0.2) is 35.6 Å². The lowest BCUT2D eigenvalue weighted by Gasteiger charge is -2.14. The summed E-state index contributed by atoms with van der Waals surface area (Å²) in [5.74, 6) is -1.37. The summed E-state index contributed by atoms with van der Waals surface area (Å²) in [4.78, 5) is 34.9. The fraction of sp³-hybridized carbons (Fsp3) is 0.690. The van der Waals surface area contributed by atoms with Crippen LogP contribution in [0.15, 0.2) is 60.8 Å². The van der Waals surface area contributed by atoms with Crippen LogP contribution in [0.25, 0.3) is 0 Å². The zero-order valence-corrected chi connectivity index (χ0v) is 30.8. The Morgan fingerprint density at radius 3 is 1.69 bits per heavy atom. The molecule has 48 heavy (non-hydrogen) atoms. The van der Waals surface area contributed by atoms with Gasteiger partial charge in [0.15, 0.2) is 0 Å². The molecule has 0 aromatic heterocycles. The van der Waals surface area contributed by atoms with Gasteiger partial charge in [-0.05, 0) is 83.1 Å². The minimum atomic E-state index is -1.03. The number of aliphatic carboxylic acids is 1. The lowest BCUT2D eigenvalue weighted by Crippen LogP contribution is -2.28. The molecule has 0 saturated heterocycles. The van der Waals surface area contributed by atoms with Crippen LogP contribution in [0.4, 0.5) is 0 Å². The second kappa shape index (κ2) is 36.9. The normalized spacial score (nSPS) is 12.7. The van der Waals surface area contributed by atoms with E-state index in [0.29, 0.717) is 12.8 Å². The van der Waals surface area contributed by atoms with Crippen molar-refractivity contribution in [2.24, 2.45) is 0 Å². The molecule has 0 heterocycles. The number of hydrogen-bond acceptors (Lipinski definition) is 4. The van der Waals surface area contributed by atoms with Crippen molar-refractivity contribution in [2.75, 3.05) is 6.54 Å². The summed E-state index contributed by atoms with van der Waals surface area (Å²) >= 11 is 0. The van der Waals surface area contributed by atoms with Crippen molar-refractivity contribution in [1.82, 2.24) is 5.32 Å². The summed E-state index contributed by atoms with van der Waals surface area (Å²) in [7, 11) is 0. The van der Waals surface area contributed by atoms with Gasteiger partial charge < -0.3 is 15.2 Å². The van der Waals surface area contributed by atoms with Crippen LogP contribution in [-0.2, 0) is 19.1 Å². The first kappa shape index (κ1) is 45.1. The van der Waals surface area contributed by atoms with Crippen LogP contribution in [0.5, 0.6) is 0 Å². The number of amides is 1. The lowest BCUT2D eigenvalue weighted by molar-refractivity contribution is -0.147. The lowest BCUT2D eigenvalue weighted by atomic mass is 10.1. The smallest absolute Gasteiger partial charge is 0.322 e. The summed E-state index contributed by atoms with van der Waals surface area (Å²) in [6, 6.07) is 0. The highest BCUT2D eigenvalue weighted by molar-refractivity contribution is 5.80. The van der Waals surface area contributed by atoms with Crippen LogP contribution >= 0.6 is 0 Å². The Balaban J connectivity index is 4.11. The summed E-state index contributed by atoms with van der Waals surface area (Å²) in [5.41, 5.74) is 0. The number of nitrogens with one attached hydrogen (secondary N) is 1. The molecular formula is C42H71NO5. The minimum Gasteiger partial charge on any atom is -0.480 e. The van der Waals surface area contributed by atoms with Crippen molar-refractivity contribution in [3.63, 3.8) is 0 Å². The highest BCUT2D eigenvalue weighted by atomic mass is 16.5. The van der Waals surface area contributed by atoms with Gasteiger partial charge in [0.05, 0.1) is 0 Å². The summed E-state index contributed by atoms with van der Waals surface area (Å²) in [5, 5.41) is 11.0. The number of hydrogen-bond donors (Lipinski definition) is 2. The van der Waals surface area contributed by atoms with Gasteiger partial charge in [-0.3, -0.25) is 14.4 Å². The Morgan fingerprint density at radius 2 is 1.08 bits per heavy atom. The molecule has 0 aliphatic carbocycles. The Morgan fingerprint density at radius 1 is 0.583 bits per heavy atom. The Bertz CT molecular complexity index is 917. The zero-order chi connectivity index (χ0) is 35.2. The number of rotatable bonds is 34. The third-order valence-electron chi connectivity index (χ3n) is 8.16. The topological polar surface area (TPSA) is 92.7 Å². The maximum Gasteiger partial charge on any atom is 0.322 e. The molecule has 0 aliphatic heterocycles. The van der Waals surface area contributed by atoms with Crippen LogP contribution < -0.4 is 5.32 Å². The van der Waals surface area contributed by atoms with Gasteiger partial charge in [-0.2, -0.15) is 0 Å². The Labute approximate surface area is 294 Å². The number of esters is 1. The van der Waals surface area contributed by atoms with Crippen LogP contribution in [0.2, 0.25) is 0 Å². The number of allylic oxidation sites excluding steroid dienone is 9. The van der Waals surface area contributed by atoms with Gasteiger partial charge in [-0.15, -0.1) is 0 Å². The minimum absolute atomic E-state index is 0.114. The van der Waals surface area contributed by atoms with E-state index in [1.807, 2.05) is 6.08 Å². The molecule has 0 spiro atoms. The molecule has 1 unspecified atom stereocenters. The fourth-order valence-electron chi connectivity index (χ4n) is 5.30. The molecule has 1 atom stereocenters. The Hall–Kier alpha value is -2.89. The number of carboxylic acid groups (broad SMARTS) is 1. The number of carbonyl (C=O) groups is 3. The van der Waals surface area contributed by atoms with Crippen LogP contribution in [0, 0.1) is 0 Å². The SMILES string of the molecule is CC/C=C\C/C=C\C/C=C\C(CCCCCCC(=O)NCC(=O)O)OC(=O)CCCCCCCCCCC/C=C\C/C=C\CCCCC. The molecule has 0 bridgehead atoms. The van der Waals surface area contributed by atoms with Crippen LogP contribution in [0.3, 0.4) is 0 Å². The second-order valence-corrected chi connectivity index (χ2v) is 12.8. The van der Waals surface area contributed by atoms with Crippen LogP contribution in [0.1, 0.15) is 174 Å². The molecule has 0 saturated carbocycles. The summed E-state index contributed by atoms with van der Waals surface area (Å²) < 4.78 is 5.86. The van der Waals surface area contributed by atoms with E-state index < -0.39 is 5.97 Å². The van der Waals surface area contributed by atoms with E-state index >= 15 is 0 Å². The monoisotopic (exact) mass is 670 g/mol. The van der Waals surface area contributed by atoms with E-state index in [1.54, 1.807) is 0 Å². The molecule has 2 N–H and O–H groups in total. The van der Waals surface area contributed by atoms with Gasteiger partial charge in [0.2, 0.25) is 5.91 Å². The van der Waals surface area contributed by atoms with Gasteiger partial charge in [-0.1, -0.05) is 139 Å². The third-order valence-corrected chi connectivity index (χ3v) is 8.16. The predicted octanol–water partition coefficient (Wildman–Crippen LogP) is 11.7. The van der Waals surface area contributed by atoms with Gasteiger partial charge >= 0.3 is 11.9 Å². The highest BCUT2D eigenvalue weighted by Gasteiger charge is 2.11. The van der Waals surface area contributed by atoms with Crippen molar-refractivity contribution in [3.05, 3.63) is 60.8 Å². The van der Waals surface area contributed by atoms with E-state index in [9.17, 15) is 14.4 Å². The second-order valence-electron chi connectivity index (χ2n) is 12.8. The standard InChI is InChI=1S/C42H71NO5/c1-3-5-7-9-11-13-14-15-16-17-18-19-20-21-22-23-25-27-33-37-42(47)48-39(34-30-26-24-12-10-8-6-4-2)35-31-28-29-32-36-40(44)43-38-41(45)46/h6,8,11-13,15-16,24,30,34,39H,3-5,7,9-10,14,17-23,25-29,31-33,35-38H2,1-2H3,(H,43,44)(H,45,46)/b8-6-,13-11-,16-15-,24-12-,34-30-. The molecule has 0 aliphatic rings. The molecule has 0 fully saturated rings. The first-order valence-corrected chi connectivity index (χ1v) is 19.4. The first-order chi connectivity index (χ1) is 23.5. The van der Waals surface area contributed by atoms with Gasteiger partial charge in [0, 0.05) is 12.8 Å². The highest BCUT2D eigenvalue weighted by Crippen LogP contribution is 2.15. The zero-order valence-electron chi connectivity index (χ0n) is 30.8. The third kappa shape index (κ3) is 36.0. The molecule has 1 amide bonds. The quantitative estimate of drug-likeness (QED) is 0.0404. The largest absolute Gasteiger partial charge is 0.480 e. The summed E-state index contributed by atoms with van der Waals surface area (Å²) in [6.45, 7) is 4.04. The van der Waals surface area contributed by atoms with Gasteiger partial charge in [-0.25, -0.2) is 0 Å². The molecule has 274 valence electrons. The van der Waals surface area contributed by atoms with E-state index in [-0.39, 0.29) is 24.5 Å². The Kier molecular flexibility index (Phi) is 34.7. The van der Waals surface area contributed by atoms with E-state index in [2.05, 4.69) is 73.8 Å². The average Bonchev–Trinajstić information content (AvgIpc) is 3.07. The molecule has 0 radical (unpaired) electrons. The first-order valence-electron chi connectivity index (χ1n) is 19.4. The van der Waals surface area contributed by atoms with Crippen molar-refractivity contribution in [3.8, 4) is 0 Å². The molecule has 0 rings (SSSR count). The summed E-state index contributed by atoms with van der Waals surface area (Å²) in [6.07, 6.45) is 47.9. The maximum absolute atomic E-state index is 12.6. The maximum atomic E-state index is 12.6. The molecule has 6 nitrogen and oxygen atoms in total. The van der Waals surface area contributed by atoms with E-state index in [4.69, 9.17) is 9.84 Å². The number of carboxylic acids is 1. The van der Waals surface area contributed by atoms with E-state index in [0.717, 1.165) is 70.6 Å². The number of unbranched alkanes of at least 4 members (excludes halogenated alkanes) is 15. The average molecular weight is 670 g/mol. The fourth-order valence-corrected chi connectivity index (χ4v) is 5.30. The van der Waals surface area contributed by atoms with Gasteiger partial charge in [0.1, 0.15) is 12.6 Å². The molecular weight excluding hydrogens is 598 g/mol. The van der Waals surface area contributed by atoms with Gasteiger partial charge in [0.25, 0.3) is 0 Å². The van der Waals surface area contributed by atoms with Crippen molar-refractivity contribution >= 4 is 17.8 Å². The van der Waals surface area contributed by atoms with E-state index in [1.165, 1.54) is 77.0 Å². The molecule has 0 aromatic rings. The number of ether oxygens (including phenoxy) is 1. The molecule has 0 aromatic carbocycles. The number of carbonyl (C=O) groups excluding carboxylic acids is 2. The van der Waals surface area contributed by atoms with Crippen molar-refractivity contribution < 1.29 is 24.2 Å². The predicted molar refractivity (Wildman–Crippen MR) is 203 cm³/mol. The van der Waals surface area contributed by atoms with Crippen molar-refractivity contribution in [2.45, 2.75) is 180 Å².